The second-order valence-corrected chi connectivity index (χ2v) is 18.6. The maximum atomic E-state index is 2.57. The van der Waals surface area contributed by atoms with Crippen molar-refractivity contribution in [2.75, 3.05) is 4.90 Å². The summed E-state index contributed by atoms with van der Waals surface area (Å²) in [5, 5.41) is 7.66. The fourth-order valence-electron chi connectivity index (χ4n) is 11.1. The van der Waals surface area contributed by atoms with E-state index in [0.29, 0.717) is 0 Å². The Kier molecular flexibility index (Phi) is 7.09. The van der Waals surface area contributed by atoms with Crippen molar-refractivity contribution in [3.63, 3.8) is 0 Å². The quantitative estimate of drug-likeness (QED) is 0.170. The lowest BCUT2D eigenvalue weighted by Crippen LogP contribution is -2.42. The molecule has 0 saturated carbocycles. The largest absolute Gasteiger partial charge is 0.309 e. The van der Waals surface area contributed by atoms with Crippen molar-refractivity contribution >= 4 is 77.0 Å². The van der Waals surface area contributed by atoms with Crippen LogP contribution < -0.4 is 4.90 Å². The molecule has 3 nitrogen and oxygen atoms in total. The number of hydrogen-bond acceptors (Lipinski definition) is 1. The van der Waals surface area contributed by atoms with Crippen LogP contribution >= 0.6 is 0 Å². The normalized spacial score (nSPS) is 15.6. The highest BCUT2D eigenvalue weighted by Crippen LogP contribution is 2.63. The minimum Gasteiger partial charge on any atom is -0.309 e. The van der Waals surface area contributed by atoms with Gasteiger partial charge in [0.15, 0.2) is 0 Å². The Hall–Kier alpha value is -6.84. The number of anilines is 3. The number of benzene rings is 8. The number of nitrogens with zero attached hydrogens (tertiary/aromatic N) is 3. The van der Waals surface area contributed by atoms with Gasteiger partial charge >= 0.3 is 0 Å². The minimum atomic E-state index is -0.0912. The van der Waals surface area contributed by atoms with Crippen molar-refractivity contribution in [3.05, 3.63) is 187 Å². The van der Waals surface area contributed by atoms with Gasteiger partial charge in [-0.15, -0.1) is 0 Å². The molecule has 0 N–H and O–H groups in total. The summed E-state index contributed by atoms with van der Waals surface area (Å²) in [5.74, 6) is 0. The second-order valence-electron chi connectivity index (χ2n) is 18.6. The van der Waals surface area contributed by atoms with Crippen molar-refractivity contribution in [1.82, 2.24) is 8.97 Å². The summed E-state index contributed by atoms with van der Waals surface area (Å²) in [4.78, 5) is 2.55. The molecule has 60 heavy (non-hydrogen) atoms. The van der Waals surface area contributed by atoms with E-state index in [-0.39, 0.29) is 16.2 Å². The highest BCUT2D eigenvalue weighted by Gasteiger charge is 2.57. The van der Waals surface area contributed by atoms with E-state index in [0.717, 1.165) is 17.1 Å². The molecule has 290 valence electrons. The van der Waals surface area contributed by atoms with Crippen LogP contribution in [0.4, 0.5) is 17.1 Å². The first-order valence-corrected chi connectivity index (χ1v) is 21.4. The van der Waals surface area contributed by atoms with Crippen LogP contribution in [0.2, 0.25) is 0 Å². The number of rotatable bonds is 5. The summed E-state index contributed by atoms with van der Waals surface area (Å²) >= 11 is 0. The highest BCUT2D eigenvalue weighted by molar-refractivity contribution is 6.24. The van der Waals surface area contributed by atoms with Crippen LogP contribution in [-0.4, -0.2) is 8.97 Å². The molecule has 0 spiro atoms. The first kappa shape index (κ1) is 35.1. The molecule has 0 radical (unpaired) electrons. The molecule has 0 saturated heterocycles. The molecule has 12 rings (SSSR count). The van der Waals surface area contributed by atoms with Crippen LogP contribution in [0.1, 0.15) is 52.7 Å². The van der Waals surface area contributed by atoms with Gasteiger partial charge in [-0.1, -0.05) is 151 Å². The molecular formula is C57H47N3. The van der Waals surface area contributed by atoms with E-state index >= 15 is 0 Å². The van der Waals surface area contributed by atoms with Gasteiger partial charge in [-0.25, -0.2) is 0 Å². The van der Waals surface area contributed by atoms with Crippen molar-refractivity contribution < 1.29 is 0 Å². The first-order valence-electron chi connectivity index (χ1n) is 21.4. The van der Waals surface area contributed by atoms with Crippen LogP contribution in [0, 0.1) is 5.41 Å². The monoisotopic (exact) mass is 773 g/mol. The molecule has 3 heterocycles. The maximum Gasteiger partial charge on any atom is 0.0620 e. The molecule has 11 aromatic rings. The fraction of sp³-hybridized carbons (Fsp3) is 0.158. The van der Waals surface area contributed by atoms with Crippen molar-refractivity contribution in [2.45, 2.75) is 52.4 Å². The Labute approximate surface area is 351 Å². The standard InChI is InChI=1S/C57H47N3/c1-55(2)45-34-44(36-31-32-40-42-26-17-25-41-39-23-13-15-27-47(39)60(54(41)42)51(40)33-36)52(35-46(45)56(3,4)57(55,5)6)59(38-21-11-8-12-22-38)50-30-18-29-49-53(50)43-24-14-16-28-48(43)58(49)37-19-9-7-10-20-37/h7-35H,1-6H3. The summed E-state index contributed by atoms with van der Waals surface area (Å²) < 4.78 is 4.94. The topological polar surface area (TPSA) is 12.6 Å². The summed E-state index contributed by atoms with van der Waals surface area (Å²) in [5.41, 5.74) is 15.9. The van der Waals surface area contributed by atoms with Gasteiger partial charge in [-0.2, -0.15) is 0 Å². The van der Waals surface area contributed by atoms with Gasteiger partial charge in [0.25, 0.3) is 0 Å². The van der Waals surface area contributed by atoms with E-state index in [1.807, 2.05) is 0 Å². The summed E-state index contributed by atoms with van der Waals surface area (Å²) in [6, 6.07) is 65.6. The number of aromatic nitrogens is 2. The Morgan fingerprint density at radius 1 is 0.417 bits per heavy atom. The van der Waals surface area contributed by atoms with Crippen LogP contribution in [0.15, 0.2) is 176 Å². The van der Waals surface area contributed by atoms with Gasteiger partial charge < -0.3 is 13.9 Å². The van der Waals surface area contributed by atoms with E-state index in [4.69, 9.17) is 0 Å². The molecular weight excluding hydrogens is 727 g/mol. The van der Waals surface area contributed by atoms with Gasteiger partial charge in [0, 0.05) is 49.3 Å². The van der Waals surface area contributed by atoms with Crippen molar-refractivity contribution in [3.8, 4) is 16.8 Å². The molecule has 8 aromatic carbocycles. The molecule has 1 aliphatic rings. The van der Waals surface area contributed by atoms with Crippen molar-refractivity contribution in [1.29, 1.82) is 0 Å². The molecule has 0 atom stereocenters. The second kappa shape index (κ2) is 12.1. The van der Waals surface area contributed by atoms with E-state index < -0.39 is 0 Å². The Morgan fingerprint density at radius 2 is 0.983 bits per heavy atom. The summed E-state index contributed by atoms with van der Waals surface area (Å²) in [7, 11) is 0. The van der Waals surface area contributed by atoms with E-state index in [9.17, 15) is 0 Å². The molecule has 1 aliphatic carbocycles. The average molecular weight is 774 g/mol. The third-order valence-corrected chi connectivity index (χ3v) is 15.3. The zero-order chi connectivity index (χ0) is 40.7. The first-order chi connectivity index (χ1) is 29.1. The maximum absolute atomic E-state index is 2.57. The van der Waals surface area contributed by atoms with Crippen LogP contribution in [0.3, 0.4) is 0 Å². The summed E-state index contributed by atoms with van der Waals surface area (Å²) in [6.45, 7) is 14.8. The molecule has 3 heteroatoms. The lowest BCUT2D eigenvalue weighted by Gasteiger charge is -2.44. The number of hydrogen-bond donors (Lipinski definition) is 0. The SMILES string of the molecule is CC1(C)c2cc(-c3ccc4c5cccc6c7ccccc7n(c4c3)c65)c(N(c3ccccc3)c3cccc4c3c3ccccc3n4-c3ccccc3)cc2C(C)(C)C1(C)C. The smallest absolute Gasteiger partial charge is 0.0620 e. The zero-order valence-corrected chi connectivity index (χ0v) is 35.1. The average Bonchev–Trinajstić information content (AvgIpc) is 3.94. The van der Waals surface area contributed by atoms with Crippen LogP contribution in [-0.2, 0) is 10.8 Å². The molecule has 0 unspecified atom stereocenters. The Balaban J connectivity index is 1.21. The van der Waals surface area contributed by atoms with E-state index in [1.54, 1.807) is 0 Å². The fourth-order valence-corrected chi connectivity index (χ4v) is 11.1. The minimum absolute atomic E-state index is 0.00579. The molecule has 0 fully saturated rings. The lowest BCUT2D eigenvalue weighted by atomic mass is 9.59. The molecule has 0 bridgehead atoms. The number of para-hydroxylation sites is 5. The van der Waals surface area contributed by atoms with E-state index in [1.165, 1.54) is 87.8 Å². The predicted octanol–water partition coefficient (Wildman–Crippen LogP) is 15.7. The third-order valence-electron chi connectivity index (χ3n) is 15.3. The number of fused-ring (bicyclic) bond motifs is 10. The molecule has 3 aromatic heterocycles. The van der Waals surface area contributed by atoms with Gasteiger partial charge in [0.05, 0.1) is 39.0 Å². The zero-order valence-electron chi connectivity index (χ0n) is 35.1. The van der Waals surface area contributed by atoms with Gasteiger partial charge in [0.2, 0.25) is 0 Å². The highest BCUT2D eigenvalue weighted by atomic mass is 15.2. The van der Waals surface area contributed by atoms with Gasteiger partial charge in [-0.05, 0) is 99.7 Å². The Morgan fingerprint density at radius 3 is 1.72 bits per heavy atom. The van der Waals surface area contributed by atoms with Crippen LogP contribution in [0.25, 0.3) is 76.7 Å². The van der Waals surface area contributed by atoms with Crippen molar-refractivity contribution in [2.24, 2.45) is 5.41 Å². The van der Waals surface area contributed by atoms with Gasteiger partial charge in [0.1, 0.15) is 0 Å². The van der Waals surface area contributed by atoms with Gasteiger partial charge in [-0.3, -0.25) is 0 Å². The third kappa shape index (κ3) is 4.45. The molecule has 0 amide bonds. The molecule has 0 aliphatic heterocycles. The predicted molar refractivity (Wildman–Crippen MR) is 255 cm³/mol. The summed E-state index contributed by atoms with van der Waals surface area (Å²) in [6.07, 6.45) is 0. The van der Waals surface area contributed by atoms with E-state index in [2.05, 4.69) is 231 Å². The Bertz CT molecular complexity index is 3510. The van der Waals surface area contributed by atoms with Crippen LogP contribution in [0.5, 0.6) is 0 Å². The lowest BCUT2D eigenvalue weighted by molar-refractivity contribution is 0.125.